The van der Waals surface area contributed by atoms with Crippen LogP contribution < -0.4 is 14.8 Å². The lowest BCUT2D eigenvalue weighted by Crippen LogP contribution is -2.23. The molecule has 0 fully saturated rings. The molecule has 0 aliphatic rings. The lowest BCUT2D eigenvalue weighted by Gasteiger charge is -2.12. The molecule has 6 nitrogen and oxygen atoms in total. The topological polar surface area (TPSA) is 76.4 Å². The normalized spacial score (nSPS) is 11.9. The molecule has 0 aliphatic heterocycles. The SMILES string of the molecule is COc1cccc2onc(NC(=O)NSC(C)c3ccccc3)c12. The molecule has 0 spiro atoms. The highest BCUT2D eigenvalue weighted by Crippen LogP contribution is 2.32. The number of methoxy groups -OCH3 is 1. The smallest absolute Gasteiger partial charge is 0.330 e. The minimum absolute atomic E-state index is 0.125. The Labute approximate surface area is 143 Å². The minimum Gasteiger partial charge on any atom is -0.496 e. The van der Waals surface area contributed by atoms with Crippen molar-refractivity contribution in [2.75, 3.05) is 12.4 Å². The molecule has 1 heterocycles. The van der Waals surface area contributed by atoms with Gasteiger partial charge in [-0.25, -0.2) is 4.79 Å². The second-order valence-electron chi connectivity index (χ2n) is 5.09. The van der Waals surface area contributed by atoms with Gasteiger partial charge in [-0.1, -0.05) is 41.6 Å². The third-order valence-electron chi connectivity index (χ3n) is 3.51. The van der Waals surface area contributed by atoms with Gasteiger partial charge in [0.05, 0.1) is 7.11 Å². The number of hydrogen-bond donors (Lipinski definition) is 2. The second-order valence-corrected chi connectivity index (χ2v) is 6.24. The van der Waals surface area contributed by atoms with E-state index in [4.69, 9.17) is 9.26 Å². The van der Waals surface area contributed by atoms with E-state index in [2.05, 4.69) is 15.2 Å². The van der Waals surface area contributed by atoms with Crippen LogP contribution in [0.2, 0.25) is 0 Å². The van der Waals surface area contributed by atoms with Crippen molar-refractivity contribution in [1.29, 1.82) is 0 Å². The average Bonchev–Trinajstić information content (AvgIpc) is 3.03. The first kappa shape index (κ1) is 16.2. The minimum atomic E-state index is -0.371. The van der Waals surface area contributed by atoms with Crippen molar-refractivity contribution < 1.29 is 14.1 Å². The number of urea groups is 1. The molecule has 1 unspecified atom stereocenters. The van der Waals surface area contributed by atoms with E-state index in [9.17, 15) is 4.79 Å². The van der Waals surface area contributed by atoms with Crippen molar-refractivity contribution in [2.24, 2.45) is 0 Å². The Bertz CT molecular complexity index is 835. The highest BCUT2D eigenvalue weighted by molar-refractivity contribution is 7.98. The van der Waals surface area contributed by atoms with Gasteiger partial charge in [0.15, 0.2) is 11.4 Å². The molecule has 1 atom stereocenters. The summed E-state index contributed by atoms with van der Waals surface area (Å²) in [6.07, 6.45) is 0. The number of aromatic nitrogens is 1. The van der Waals surface area contributed by atoms with Crippen molar-refractivity contribution in [1.82, 2.24) is 9.88 Å². The van der Waals surface area contributed by atoms with Crippen LogP contribution in [0.15, 0.2) is 53.1 Å². The molecule has 24 heavy (non-hydrogen) atoms. The molecule has 0 aliphatic carbocycles. The van der Waals surface area contributed by atoms with Crippen LogP contribution in [0.1, 0.15) is 17.7 Å². The fourth-order valence-corrected chi connectivity index (χ4v) is 2.91. The zero-order chi connectivity index (χ0) is 16.9. The number of carbonyl (C=O) groups excluding carboxylic acids is 1. The van der Waals surface area contributed by atoms with E-state index in [1.807, 2.05) is 37.3 Å². The third kappa shape index (κ3) is 3.46. The summed E-state index contributed by atoms with van der Waals surface area (Å²) >= 11 is 1.32. The van der Waals surface area contributed by atoms with E-state index in [-0.39, 0.29) is 11.3 Å². The predicted molar refractivity (Wildman–Crippen MR) is 95.2 cm³/mol. The van der Waals surface area contributed by atoms with Gasteiger partial charge in [-0.3, -0.25) is 10.0 Å². The van der Waals surface area contributed by atoms with Gasteiger partial charge in [0.25, 0.3) is 0 Å². The van der Waals surface area contributed by atoms with Gasteiger partial charge in [0.2, 0.25) is 0 Å². The first-order valence-electron chi connectivity index (χ1n) is 7.39. The predicted octanol–water partition coefficient (Wildman–Crippen LogP) is 4.37. The summed E-state index contributed by atoms with van der Waals surface area (Å²) in [5.41, 5.74) is 1.69. The lowest BCUT2D eigenvalue weighted by atomic mass is 10.2. The quantitative estimate of drug-likeness (QED) is 0.673. The van der Waals surface area contributed by atoms with Crippen LogP contribution in [0.5, 0.6) is 5.75 Å². The van der Waals surface area contributed by atoms with Crippen LogP contribution in [0.25, 0.3) is 11.0 Å². The van der Waals surface area contributed by atoms with E-state index >= 15 is 0 Å². The van der Waals surface area contributed by atoms with Crippen LogP contribution in [-0.2, 0) is 0 Å². The van der Waals surface area contributed by atoms with Crippen molar-refractivity contribution in [2.45, 2.75) is 12.2 Å². The Morgan fingerprint density at radius 2 is 2.00 bits per heavy atom. The van der Waals surface area contributed by atoms with Crippen LogP contribution in [0, 0.1) is 0 Å². The number of fused-ring (bicyclic) bond motifs is 1. The zero-order valence-electron chi connectivity index (χ0n) is 13.3. The van der Waals surface area contributed by atoms with Crippen LogP contribution in [0.4, 0.5) is 10.6 Å². The number of rotatable bonds is 5. The van der Waals surface area contributed by atoms with Gasteiger partial charge in [-0.05, 0) is 36.6 Å². The van der Waals surface area contributed by atoms with Gasteiger partial charge in [-0.15, -0.1) is 0 Å². The van der Waals surface area contributed by atoms with Crippen molar-refractivity contribution in [3.05, 3.63) is 54.1 Å². The molecular formula is C17H17N3O3S. The summed E-state index contributed by atoms with van der Waals surface area (Å²) in [6.45, 7) is 2.02. The van der Waals surface area contributed by atoms with Crippen molar-refractivity contribution >= 4 is 34.8 Å². The standard InChI is InChI=1S/C17H17N3O3S/c1-11(12-7-4-3-5-8-12)24-20-17(21)18-16-15-13(22-2)9-6-10-14(15)23-19-16/h3-11H,1-2H3,(H2,18,19,20,21). The Kier molecular flexibility index (Phi) is 4.90. The maximum Gasteiger partial charge on any atom is 0.330 e. The van der Waals surface area contributed by atoms with E-state index in [1.165, 1.54) is 11.9 Å². The molecule has 1 aromatic heterocycles. The first-order chi connectivity index (χ1) is 11.7. The molecule has 124 valence electrons. The largest absolute Gasteiger partial charge is 0.496 e. The molecule has 7 heteroatoms. The monoisotopic (exact) mass is 343 g/mol. The summed E-state index contributed by atoms with van der Waals surface area (Å²) in [7, 11) is 1.56. The first-order valence-corrected chi connectivity index (χ1v) is 8.27. The number of carbonyl (C=O) groups is 1. The lowest BCUT2D eigenvalue weighted by molar-refractivity contribution is 0.257. The highest BCUT2D eigenvalue weighted by atomic mass is 32.2. The molecule has 0 saturated carbocycles. The molecule has 3 aromatic rings. The van der Waals surface area contributed by atoms with Crippen LogP contribution in [-0.4, -0.2) is 18.3 Å². The molecule has 2 N–H and O–H groups in total. The Balaban J connectivity index is 1.65. The maximum absolute atomic E-state index is 12.1. The van der Waals surface area contributed by atoms with Crippen LogP contribution in [0.3, 0.4) is 0 Å². The van der Waals surface area contributed by atoms with E-state index in [1.54, 1.807) is 25.3 Å². The molecule has 0 radical (unpaired) electrons. The van der Waals surface area contributed by atoms with Gasteiger partial charge >= 0.3 is 6.03 Å². The second kappa shape index (κ2) is 7.27. The maximum atomic E-state index is 12.1. The Morgan fingerprint density at radius 3 is 2.75 bits per heavy atom. The highest BCUT2D eigenvalue weighted by Gasteiger charge is 2.16. The van der Waals surface area contributed by atoms with Crippen LogP contribution >= 0.6 is 11.9 Å². The van der Waals surface area contributed by atoms with Gasteiger partial charge in [0, 0.05) is 5.25 Å². The Morgan fingerprint density at radius 1 is 1.21 bits per heavy atom. The van der Waals surface area contributed by atoms with Crippen molar-refractivity contribution in [3.63, 3.8) is 0 Å². The molecule has 2 aromatic carbocycles. The third-order valence-corrected chi connectivity index (χ3v) is 4.44. The fourth-order valence-electron chi connectivity index (χ4n) is 2.28. The number of benzene rings is 2. The number of nitrogens with zero attached hydrogens (tertiary/aromatic N) is 1. The van der Waals surface area contributed by atoms with E-state index in [0.717, 1.165) is 5.56 Å². The summed E-state index contributed by atoms with van der Waals surface area (Å²) in [5, 5.41) is 7.34. The zero-order valence-corrected chi connectivity index (χ0v) is 14.1. The molecule has 0 saturated heterocycles. The summed E-state index contributed by atoms with van der Waals surface area (Å²) in [4.78, 5) is 12.1. The van der Waals surface area contributed by atoms with Gasteiger partial charge < -0.3 is 9.26 Å². The van der Waals surface area contributed by atoms with Crippen molar-refractivity contribution in [3.8, 4) is 5.75 Å². The van der Waals surface area contributed by atoms with Gasteiger partial charge in [-0.2, -0.15) is 0 Å². The average molecular weight is 343 g/mol. The molecular weight excluding hydrogens is 326 g/mol. The van der Waals surface area contributed by atoms with E-state index < -0.39 is 0 Å². The fraction of sp³-hybridized carbons (Fsp3) is 0.176. The number of ether oxygens (including phenoxy) is 1. The van der Waals surface area contributed by atoms with E-state index in [0.29, 0.717) is 22.5 Å². The number of anilines is 1. The summed E-state index contributed by atoms with van der Waals surface area (Å²) < 4.78 is 13.3. The number of nitrogens with one attached hydrogen (secondary N) is 2. The molecule has 2 amide bonds. The summed E-state index contributed by atoms with van der Waals surface area (Å²) in [5.74, 6) is 0.919. The summed E-state index contributed by atoms with van der Waals surface area (Å²) in [6, 6.07) is 14.9. The number of hydrogen-bond acceptors (Lipinski definition) is 5. The number of amides is 2. The van der Waals surface area contributed by atoms with Gasteiger partial charge in [0.1, 0.15) is 11.1 Å². The molecule has 3 rings (SSSR count). The molecule has 0 bridgehead atoms. The Hall–Kier alpha value is -2.67.